The first-order valence-corrected chi connectivity index (χ1v) is 6.61. The highest BCUT2D eigenvalue weighted by Crippen LogP contribution is 2.26. The molecule has 1 aromatic rings. The molecule has 2 atom stereocenters. The van der Waals surface area contributed by atoms with Crippen LogP contribution >= 0.6 is 0 Å². The third-order valence-corrected chi connectivity index (χ3v) is 3.45. The number of aliphatic hydroxyl groups is 1. The molecule has 0 heterocycles. The largest absolute Gasteiger partial charge is 0.480 e. The zero-order chi connectivity index (χ0) is 14.6. The molecule has 2 rings (SSSR count). The van der Waals surface area contributed by atoms with Crippen molar-refractivity contribution in [2.45, 2.75) is 30.9 Å². The Morgan fingerprint density at radius 2 is 2.05 bits per heavy atom. The summed E-state index contributed by atoms with van der Waals surface area (Å²) < 4.78 is 0. The predicted molar refractivity (Wildman–Crippen MR) is 77.2 cm³/mol. The van der Waals surface area contributed by atoms with Crippen molar-refractivity contribution in [3.63, 3.8) is 0 Å². The number of carboxylic acids is 1. The van der Waals surface area contributed by atoms with Crippen molar-refractivity contribution in [3.05, 3.63) is 59.7 Å². The summed E-state index contributed by atoms with van der Waals surface area (Å²) in [6.45, 7) is 0. The first-order valence-electron chi connectivity index (χ1n) is 6.61. The molecule has 1 aromatic carbocycles. The average molecular weight is 273 g/mol. The van der Waals surface area contributed by atoms with Gasteiger partial charge in [0, 0.05) is 6.42 Å². The predicted octanol–water partition coefficient (Wildman–Crippen LogP) is 1.65. The Bertz CT molecular complexity index is 536. The molecule has 0 radical (unpaired) electrons. The third kappa shape index (κ3) is 3.79. The Morgan fingerprint density at radius 3 is 2.60 bits per heavy atom. The Hall–Kier alpha value is -1.91. The van der Waals surface area contributed by atoms with E-state index in [2.05, 4.69) is 0 Å². The lowest BCUT2D eigenvalue weighted by molar-refractivity contribution is -0.138. The number of allylic oxidation sites excluding steroid dienone is 1. The summed E-state index contributed by atoms with van der Waals surface area (Å²) in [6, 6.07) is 8.88. The third-order valence-electron chi connectivity index (χ3n) is 3.45. The van der Waals surface area contributed by atoms with Crippen molar-refractivity contribution >= 4 is 5.97 Å². The van der Waals surface area contributed by atoms with Gasteiger partial charge in [-0.1, -0.05) is 48.6 Å². The summed E-state index contributed by atoms with van der Waals surface area (Å²) in [4.78, 5) is 10.7. The van der Waals surface area contributed by atoms with Crippen molar-refractivity contribution in [1.29, 1.82) is 0 Å². The fraction of sp³-hybridized carbons (Fsp3) is 0.312. The zero-order valence-electron chi connectivity index (χ0n) is 11.2. The Balaban J connectivity index is 1.97. The minimum atomic E-state index is -1.01. The molecule has 4 heteroatoms. The maximum Gasteiger partial charge on any atom is 0.320 e. The molecule has 20 heavy (non-hydrogen) atoms. The van der Waals surface area contributed by atoms with Crippen molar-refractivity contribution in [1.82, 2.24) is 0 Å². The molecular weight excluding hydrogens is 254 g/mol. The van der Waals surface area contributed by atoms with Crippen LogP contribution in [0.5, 0.6) is 0 Å². The van der Waals surface area contributed by atoms with Crippen molar-refractivity contribution in [2.75, 3.05) is 0 Å². The number of aliphatic carboxylic acids is 1. The van der Waals surface area contributed by atoms with E-state index < -0.39 is 17.6 Å². The second-order valence-electron chi connectivity index (χ2n) is 5.23. The monoisotopic (exact) mass is 273 g/mol. The molecule has 106 valence electrons. The molecule has 0 spiro atoms. The molecule has 0 saturated carbocycles. The van der Waals surface area contributed by atoms with Gasteiger partial charge < -0.3 is 15.9 Å². The van der Waals surface area contributed by atoms with Crippen LogP contribution in [0.1, 0.15) is 18.4 Å². The lowest BCUT2D eigenvalue weighted by Crippen LogP contribution is -2.32. The second kappa shape index (κ2) is 6.03. The van der Waals surface area contributed by atoms with E-state index in [4.69, 9.17) is 10.8 Å². The summed E-state index contributed by atoms with van der Waals surface area (Å²) in [5, 5.41) is 19.3. The minimum absolute atomic E-state index is 0.285. The molecule has 4 N–H and O–H groups in total. The van der Waals surface area contributed by atoms with Gasteiger partial charge in [0.15, 0.2) is 0 Å². The highest BCUT2D eigenvalue weighted by atomic mass is 16.4. The number of nitrogens with two attached hydrogens (primary N) is 1. The molecule has 0 bridgehead atoms. The number of rotatable bonds is 5. The van der Waals surface area contributed by atoms with E-state index in [-0.39, 0.29) is 6.42 Å². The average Bonchev–Trinajstić information content (AvgIpc) is 2.42. The van der Waals surface area contributed by atoms with Gasteiger partial charge in [-0.15, -0.1) is 0 Å². The van der Waals surface area contributed by atoms with E-state index in [1.165, 1.54) is 0 Å². The normalized spacial score (nSPS) is 23.2. The van der Waals surface area contributed by atoms with Gasteiger partial charge in [0.2, 0.25) is 0 Å². The summed E-state index contributed by atoms with van der Waals surface area (Å²) in [5.41, 5.74) is 6.52. The van der Waals surface area contributed by atoms with Crippen molar-refractivity contribution < 1.29 is 15.0 Å². The number of carbonyl (C=O) groups is 1. The Kier molecular flexibility index (Phi) is 4.37. The van der Waals surface area contributed by atoms with E-state index in [0.29, 0.717) is 12.8 Å². The molecule has 0 fully saturated rings. The summed E-state index contributed by atoms with van der Waals surface area (Å²) in [7, 11) is 0. The lowest BCUT2D eigenvalue weighted by atomic mass is 9.85. The van der Waals surface area contributed by atoms with Gasteiger partial charge in [-0.05, 0) is 24.0 Å². The first-order chi connectivity index (χ1) is 9.48. The Labute approximate surface area is 118 Å². The maximum atomic E-state index is 10.7. The number of benzene rings is 1. The molecule has 0 amide bonds. The molecule has 0 aromatic heterocycles. The lowest BCUT2D eigenvalue weighted by Gasteiger charge is -2.27. The topological polar surface area (TPSA) is 83.5 Å². The van der Waals surface area contributed by atoms with Crippen LogP contribution in [0.4, 0.5) is 0 Å². The van der Waals surface area contributed by atoms with Crippen LogP contribution in [0.25, 0.3) is 0 Å². The molecule has 1 aliphatic carbocycles. The Morgan fingerprint density at radius 1 is 1.35 bits per heavy atom. The molecule has 4 nitrogen and oxygen atoms in total. The molecule has 1 aliphatic rings. The standard InChI is InChI=1S/C16H19NO3/c17-14(15(18)19)10-12-6-8-16(20,9-7-12)11-13-4-2-1-3-5-13/h1-8,14,20H,9-11,17H2,(H,18,19)/t14-,16?/m0/s1. The van der Waals surface area contributed by atoms with Crippen molar-refractivity contribution in [2.24, 2.45) is 5.73 Å². The van der Waals surface area contributed by atoms with Gasteiger partial charge in [0.05, 0.1) is 5.60 Å². The fourth-order valence-electron chi connectivity index (χ4n) is 2.28. The van der Waals surface area contributed by atoms with Crippen LogP contribution in [0, 0.1) is 0 Å². The van der Waals surface area contributed by atoms with Crippen LogP contribution in [0.15, 0.2) is 54.1 Å². The maximum absolute atomic E-state index is 10.7. The molecule has 0 saturated heterocycles. The molecular formula is C16H19NO3. The SMILES string of the molecule is N[C@@H](CC1=CCC(O)(Cc2ccccc2)C=C1)C(=O)O. The van der Waals surface area contributed by atoms with Gasteiger partial charge in [0.1, 0.15) is 6.04 Å². The van der Waals surface area contributed by atoms with Gasteiger partial charge in [0.25, 0.3) is 0 Å². The van der Waals surface area contributed by atoms with Crippen LogP contribution in [0.2, 0.25) is 0 Å². The highest BCUT2D eigenvalue weighted by molar-refractivity contribution is 5.73. The number of hydrogen-bond donors (Lipinski definition) is 3. The van der Waals surface area contributed by atoms with Gasteiger partial charge >= 0.3 is 5.97 Å². The number of hydrogen-bond acceptors (Lipinski definition) is 3. The molecule has 1 unspecified atom stereocenters. The van der Waals surface area contributed by atoms with E-state index in [0.717, 1.165) is 11.1 Å². The van der Waals surface area contributed by atoms with E-state index in [9.17, 15) is 9.90 Å². The van der Waals surface area contributed by atoms with E-state index in [1.54, 1.807) is 12.2 Å². The van der Waals surface area contributed by atoms with E-state index in [1.807, 2.05) is 36.4 Å². The van der Waals surface area contributed by atoms with Crippen LogP contribution in [-0.4, -0.2) is 27.8 Å². The van der Waals surface area contributed by atoms with Crippen molar-refractivity contribution in [3.8, 4) is 0 Å². The van der Waals surface area contributed by atoms with Crippen LogP contribution in [-0.2, 0) is 11.2 Å². The highest BCUT2D eigenvalue weighted by Gasteiger charge is 2.26. The van der Waals surface area contributed by atoms with Crippen LogP contribution in [0.3, 0.4) is 0 Å². The number of carboxylic acid groups (broad SMARTS) is 1. The quantitative estimate of drug-likeness (QED) is 0.761. The first kappa shape index (κ1) is 14.5. The summed E-state index contributed by atoms with van der Waals surface area (Å²) in [5.74, 6) is -1.01. The van der Waals surface area contributed by atoms with E-state index >= 15 is 0 Å². The summed E-state index contributed by atoms with van der Waals surface area (Å²) in [6.07, 6.45) is 6.68. The van der Waals surface area contributed by atoms with Gasteiger partial charge in [-0.25, -0.2) is 0 Å². The smallest absolute Gasteiger partial charge is 0.320 e. The fourth-order valence-corrected chi connectivity index (χ4v) is 2.28. The minimum Gasteiger partial charge on any atom is -0.480 e. The molecule has 0 aliphatic heterocycles. The van der Waals surface area contributed by atoms with Gasteiger partial charge in [-0.3, -0.25) is 4.79 Å². The van der Waals surface area contributed by atoms with Gasteiger partial charge in [-0.2, -0.15) is 0 Å². The zero-order valence-corrected chi connectivity index (χ0v) is 11.2. The second-order valence-corrected chi connectivity index (χ2v) is 5.23. The van der Waals surface area contributed by atoms with Crippen LogP contribution < -0.4 is 5.73 Å². The summed E-state index contributed by atoms with van der Waals surface area (Å²) >= 11 is 0.